The predicted octanol–water partition coefficient (Wildman–Crippen LogP) is 3.60. The fourth-order valence-corrected chi connectivity index (χ4v) is 3.52. The van der Waals surface area contributed by atoms with Crippen LogP contribution in [0.5, 0.6) is 0 Å². The molecule has 18 heavy (non-hydrogen) atoms. The molecule has 0 amide bonds. The average Bonchev–Trinajstić information content (AvgIpc) is 2.35. The molecule has 1 aromatic carbocycles. The second kappa shape index (κ2) is 3.69. The third kappa shape index (κ3) is 1.31. The maximum Gasteiger partial charge on any atom is 0.234 e. The highest BCUT2D eigenvalue weighted by atomic mass is 32.2. The summed E-state index contributed by atoms with van der Waals surface area (Å²) in [6.45, 7) is 5.66. The van der Waals surface area contributed by atoms with Gasteiger partial charge in [0.05, 0.1) is 0 Å². The Labute approximate surface area is 110 Å². The number of Topliss-reactive ketones (excluding diaryl/α,β-unsaturated/α-hetero) is 2. The number of benzene rings is 1. The Bertz CT molecular complexity index is 678. The maximum absolute atomic E-state index is 12.2. The van der Waals surface area contributed by atoms with Crippen LogP contribution in [0.15, 0.2) is 23.1 Å². The first kappa shape index (κ1) is 11.5. The normalized spacial score (nSPS) is 17.8. The Morgan fingerprint density at radius 2 is 1.67 bits per heavy atom. The van der Waals surface area contributed by atoms with E-state index in [-0.39, 0.29) is 11.6 Å². The van der Waals surface area contributed by atoms with Crippen molar-refractivity contribution in [2.24, 2.45) is 0 Å². The third-order valence-corrected chi connectivity index (χ3v) is 4.75. The van der Waals surface area contributed by atoms with Crippen LogP contribution < -0.4 is 0 Å². The van der Waals surface area contributed by atoms with Crippen LogP contribution in [0.3, 0.4) is 0 Å². The number of carbonyl (C=O) groups excluding carboxylic acids is 2. The third-order valence-electron chi connectivity index (χ3n) is 3.53. The molecule has 3 rings (SSSR count). The molecule has 90 valence electrons. The van der Waals surface area contributed by atoms with Gasteiger partial charge < -0.3 is 0 Å². The molecule has 1 aliphatic carbocycles. The smallest absolute Gasteiger partial charge is 0.234 e. The number of allylic oxidation sites excluding steroid dienone is 2. The average molecular weight is 256 g/mol. The van der Waals surface area contributed by atoms with Crippen molar-refractivity contribution in [2.45, 2.75) is 20.8 Å². The molecule has 1 aromatic rings. The monoisotopic (exact) mass is 256 g/mol. The summed E-state index contributed by atoms with van der Waals surface area (Å²) in [7, 11) is 0. The number of carbonyl (C=O) groups is 2. The van der Waals surface area contributed by atoms with E-state index < -0.39 is 0 Å². The van der Waals surface area contributed by atoms with Gasteiger partial charge in [-0.3, -0.25) is 9.59 Å². The van der Waals surface area contributed by atoms with E-state index in [2.05, 4.69) is 0 Å². The first-order valence-electron chi connectivity index (χ1n) is 5.80. The van der Waals surface area contributed by atoms with Crippen molar-refractivity contribution in [3.05, 3.63) is 45.4 Å². The van der Waals surface area contributed by atoms with Crippen molar-refractivity contribution in [2.75, 3.05) is 0 Å². The minimum absolute atomic E-state index is 0.360. The Kier molecular flexibility index (Phi) is 2.35. The first-order valence-corrected chi connectivity index (χ1v) is 6.68. The number of thioether (sulfide) groups is 1. The standard InChI is InChI=1S/C15H12O2S/c1-7-4-5-10-8(2)6-18-15-9(3)13(16)14(17)11(7)12(10)15/h4-6H,1-3H3. The Morgan fingerprint density at radius 1 is 0.944 bits per heavy atom. The SMILES string of the molecule is CC1=CSC2=C(C)C(=O)C(=O)c3c(C)ccc1c32. The molecule has 3 heteroatoms. The van der Waals surface area contributed by atoms with Crippen LogP contribution in [0, 0.1) is 6.92 Å². The summed E-state index contributed by atoms with van der Waals surface area (Å²) in [6, 6.07) is 3.96. The van der Waals surface area contributed by atoms with E-state index in [0.29, 0.717) is 11.1 Å². The van der Waals surface area contributed by atoms with Gasteiger partial charge in [-0.15, -0.1) is 0 Å². The number of rotatable bonds is 0. The zero-order chi connectivity index (χ0) is 13.0. The van der Waals surface area contributed by atoms with E-state index in [9.17, 15) is 9.59 Å². The van der Waals surface area contributed by atoms with Crippen LogP contribution in [0.4, 0.5) is 0 Å². The highest BCUT2D eigenvalue weighted by molar-refractivity contribution is 8.11. The largest absolute Gasteiger partial charge is 0.285 e. The quantitative estimate of drug-likeness (QED) is 0.665. The summed E-state index contributed by atoms with van der Waals surface area (Å²) >= 11 is 1.55. The molecule has 0 unspecified atom stereocenters. The van der Waals surface area contributed by atoms with Gasteiger partial charge in [0.15, 0.2) is 0 Å². The molecule has 0 bridgehead atoms. The number of ketones is 2. The topological polar surface area (TPSA) is 34.1 Å². The zero-order valence-electron chi connectivity index (χ0n) is 10.5. The molecule has 1 aliphatic heterocycles. The number of hydrogen-bond acceptors (Lipinski definition) is 3. The molecule has 2 aliphatic rings. The Morgan fingerprint density at radius 3 is 2.39 bits per heavy atom. The van der Waals surface area contributed by atoms with Crippen molar-refractivity contribution in [3.8, 4) is 0 Å². The van der Waals surface area contributed by atoms with Gasteiger partial charge >= 0.3 is 0 Å². The maximum atomic E-state index is 12.2. The van der Waals surface area contributed by atoms with Gasteiger partial charge in [-0.05, 0) is 42.9 Å². The van der Waals surface area contributed by atoms with Gasteiger partial charge in [0.1, 0.15) is 0 Å². The highest BCUT2D eigenvalue weighted by Gasteiger charge is 2.34. The summed E-state index contributed by atoms with van der Waals surface area (Å²) in [5, 5.41) is 2.04. The lowest BCUT2D eigenvalue weighted by atomic mass is 9.83. The van der Waals surface area contributed by atoms with Gasteiger partial charge in [-0.2, -0.15) is 0 Å². The predicted molar refractivity (Wildman–Crippen MR) is 74.4 cm³/mol. The minimum Gasteiger partial charge on any atom is -0.285 e. The Hall–Kier alpha value is -1.61. The van der Waals surface area contributed by atoms with E-state index in [1.807, 2.05) is 31.4 Å². The van der Waals surface area contributed by atoms with Gasteiger partial charge in [0.2, 0.25) is 11.6 Å². The van der Waals surface area contributed by atoms with Crippen molar-refractivity contribution in [1.82, 2.24) is 0 Å². The van der Waals surface area contributed by atoms with Crippen molar-refractivity contribution in [3.63, 3.8) is 0 Å². The van der Waals surface area contributed by atoms with Crippen molar-refractivity contribution < 1.29 is 9.59 Å². The van der Waals surface area contributed by atoms with Gasteiger partial charge in [-0.1, -0.05) is 23.9 Å². The zero-order valence-corrected chi connectivity index (χ0v) is 11.3. The van der Waals surface area contributed by atoms with Gasteiger partial charge in [0.25, 0.3) is 0 Å². The summed E-state index contributed by atoms with van der Waals surface area (Å²) in [5.74, 6) is -0.723. The summed E-state index contributed by atoms with van der Waals surface area (Å²) in [6.07, 6.45) is 0. The molecule has 0 saturated carbocycles. The van der Waals surface area contributed by atoms with Crippen LogP contribution in [0.2, 0.25) is 0 Å². The molecule has 0 radical (unpaired) electrons. The lowest BCUT2D eigenvalue weighted by molar-refractivity contribution is -0.111. The van der Waals surface area contributed by atoms with Crippen LogP contribution in [-0.2, 0) is 4.79 Å². The van der Waals surface area contributed by atoms with Crippen LogP contribution >= 0.6 is 11.8 Å². The second-order valence-corrected chi connectivity index (χ2v) is 5.59. The molecule has 0 N–H and O–H groups in total. The van der Waals surface area contributed by atoms with Crippen LogP contribution in [0.25, 0.3) is 10.5 Å². The molecule has 0 spiro atoms. The van der Waals surface area contributed by atoms with Gasteiger partial charge in [0, 0.05) is 21.6 Å². The second-order valence-electron chi connectivity index (χ2n) is 4.71. The minimum atomic E-state index is -0.363. The van der Waals surface area contributed by atoms with E-state index >= 15 is 0 Å². The molecule has 1 heterocycles. The summed E-state index contributed by atoms with van der Waals surface area (Å²) in [4.78, 5) is 25.1. The molecular weight excluding hydrogens is 244 g/mol. The Balaban J connectivity index is 2.49. The van der Waals surface area contributed by atoms with Gasteiger partial charge in [-0.25, -0.2) is 0 Å². The van der Waals surface area contributed by atoms with Crippen molar-refractivity contribution in [1.29, 1.82) is 0 Å². The van der Waals surface area contributed by atoms with E-state index in [1.54, 1.807) is 18.7 Å². The first-order chi connectivity index (χ1) is 8.52. The van der Waals surface area contributed by atoms with Crippen LogP contribution in [0.1, 0.15) is 40.9 Å². The number of hydrogen-bond donors (Lipinski definition) is 0. The number of aryl methyl sites for hydroxylation is 1. The molecule has 2 nitrogen and oxygen atoms in total. The molecule has 0 atom stereocenters. The lowest BCUT2D eigenvalue weighted by Crippen LogP contribution is -2.24. The van der Waals surface area contributed by atoms with Crippen molar-refractivity contribution >= 4 is 33.8 Å². The molecule has 0 fully saturated rings. The fraction of sp³-hybridized carbons (Fsp3) is 0.200. The fourth-order valence-electron chi connectivity index (χ4n) is 2.50. The molecule has 0 saturated heterocycles. The molecule has 0 aromatic heterocycles. The molecular formula is C15H12O2S. The van der Waals surface area contributed by atoms with E-state index in [4.69, 9.17) is 0 Å². The van der Waals surface area contributed by atoms with E-state index in [0.717, 1.165) is 27.2 Å². The highest BCUT2D eigenvalue weighted by Crippen LogP contribution is 2.47. The summed E-state index contributed by atoms with van der Waals surface area (Å²) < 4.78 is 0. The summed E-state index contributed by atoms with van der Waals surface area (Å²) in [5.41, 5.74) is 5.24. The lowest BCUT2D eigenvalue weighted by Gasteiger charge is -2.26. The van der Waals surface area contributed by atoms with E-state index in [1.165, 1.54) is 0 Å². The van der Waals surface area contributed by atoms with Crippen LogP contribution in [-0.4, -0.2) is 11.6 Å².